The number of benzene rings is 1. The predicted octanol–water partition coefficient (Wildman–Crippen LogP) is 5.67. The number of carbonyl (C=O) groups is 2. The van der Waals surface area contributed by atoms with Crippen LogP contribution in [0.4, 0.5) is 0 Å². The molecule has 1 heterocycles. The van der Waals surface area contributed by atoms with Crippen molar-refractivity contribution in [1.29, 1.82) is 0 Å². The van der Waals surface area contributed by atoms with Gasteiger partial charge in [0.05, 0.1) is 17.1 Å². The van der Waals surface area contributed by atoms with Crippen LogP contribution in [0.3, 0.4) is 0 Å². The quantitative estimate of drug-likeness (QED) is 0.539. The molecule has 0 saturated heterocycles. The molecule has 1 aliphatic carbocycles. The van der Waals surface area contributed by atoms with Crippen molar-refractivity contribution in [3.63, 3.8) is 0 Å². The van der Waals surface area contributed by atoms with E-state index in [1.54, 1.807) is 4.90 Å². The van der Waals surface area contributed by atoms with E-state index in [9.17, 15) is 9.59 Å². The van der Waals surface area contributed by atoms with Crippen LogP contribution in [0, 0.1) is 5.92 Å². The number of carbonyl (C=O) groups excluding carboxylic acids is 2. The second-order valence-electron chi connectivity index (χ2n) is 8.35. The molecule has 158 valence electrons. The molecule has 1 aliphatic heterocycles. The van der Waals surface area contributed by atoms with Gasteiger partial charge in [-0.2, -0.15) is 0 Å². The fourth-order valence-electron chi connectivity index (χ4n) is 4.06. The van der Waals surface area contributed by atoms with E-state index < -0.39 is 0 Å². The van der Waals surface area contributed by atoms with Crippen LogP contribution in [-0.4, -0.2) is 35.1 Å². The van der Waals surface area contributed by atoms with E-state index in [-0.39, 0.29) is 17.9 Å². The molecule has 0 spiro atoms. The molecule has 1 aromatic rings. The van der Waals surface area contributed by atoms with Crippen LogP contribution in [0.25, 0.3) is 5.57 Å². The smallest absolute Gasteiger partial charge is 0.268 e. The van der Waals surface area contributed by atoms with E-state index in [2.05, 4.69) is 13.8 Å². The van der Waals surface area contributed by atoms with E-state index in [0.29, 0.717) is 23.0 Å². The molecule has 0 aromatic heterocycles. The lowest BCUT2D eigenvalue weighted by Gasteiger charge is -2.28. The zero-order chi connectivity index (χ0) is 20.8. The molecule has 1 aromatic carbocycles. The summed E-state index contributed by atoms with van der Waals surface area (Å²) in [6, 6.07) is 7.65. The standard InChI is InChI=1S/C24H33NO3S/c1-4-29-22-21(18-12-14-20(15-13-18)28-16-17(2)3)23(26)25(24(22)27)19-10-8-6-5-7-9-11-19/h12-15,17,19H,4-11,16H2,1-3H3. The van der Waals surface area contributed by atoms with Gasteiger partial charge in [-0.05, 0) is 42.2 Å². The molecule has 0 N–H and O–H groups in total. The Balaban J connectivity index is 1.85. The molecule has 3 rings (SSSR count). The van der Waals surface area contributed by atoms with Gasteiger partial charge < -0.3 is 4.74 Å². The molecule has 0 atom stereocenters. The zero-order valence-electron chi connectivity index (χ0n) is 17.9. The summed E-state index contributed by atoms with van der Waals surface area (Å²) in [5, 5.41) is 0. The number of ether oxygens (including phenoxy) is 1. The Morgan fingerprint density at radius 3 is 2.21 bits per heavy atom. The fourth-order valence-corrected chi connectivity index (χ4v) is 4.92. The highest BCUT2D eigenvalue weighted by molar-refractivity contribution is 8.04. The number of imide groups is 1. The first-order valence-corrected chi connectivity index (χ1v) is 12.0. The Kier molecular flexibility index (Phi) is 7.82. The summed E-state index contributed by atoms with van der Waals surface area (Å²) in [5.41, 5.74) is 1.38. The number of nitrogens with zero attached hydrogens (tertiary/aromatic N) is 1. The molecular weight excluding hydrogens is 382 g/mol. The summed E-state index contributed by atoms with van der Waals surface area (Å²) >= 11 is 1.49. The minimum Gasteiger partial charge on any atom is -0.493 e. The molecule has 2 aliphatic rings. The summed E-state index contributed by atoms with van der Waals surface area (Å²) in [5.74, 6) is 1.80. The van der Waals surface area contributed by atoms with Gasteiger partial charge >= 0.3 is 0 Å². The number of hydrogen-bond donors (Lipinski definition) is 0. The highest BCUT2D eigenvalue weighted by atomic mass is 32.2. The summed E-state index contributed by atoms with van der Waals surface area (Å²) < 4.78 is 5.77. The Hall–Kier alpha value is -1.75. The number of rotatable bonds is 7. The van der Waals surface area contributed by atoms with Gasteiger partial charge in [-0.3, -0.25) is 14.5 Å². The Bertz CT molecular complexity index is 746. The number of amides is 2. The average molecular weight is 416 g/mol. The largest absolute Gasteiger partial charge is 0.493 e. The highest BCUT2D eigenvalue weighted by Crippen LogP contribution is 2.39. The fraction of sp³-hybridized carbons (Fsp3) is 0.583. The first kappa shape index (κ1) is 21.9. The van der Waals surface area contributed by atoms with Gasteiger partial charge in [0.2, 0.25) is 0 Å². The summed E-state index contributed by atoms with van der Waals surface area (Å²) in [6.45, 7) is 6.90. The van der Waals surface area contributed by atoms with Crippen molar-refractivity contribution in [2.45, 2.75) is 71.8 Å². The normalized spacial score (nSPS) is 19.1. The molecular formula is C24H33NO3S. The van der Waals surface area contributed by atoms with Gasteiger partial charge in [0, 0.05) is 6.04 Å². The van der Waals surface area contributed by atoms with Crippen molar-refractivity contribution in [3.05, 3.63) is 34.7 Å². The third kappa shape index (κ3) is 5.25. The monoisotopic (exact) mass is 415 g/mol. The summed E-state index contributed by atoms with van der Waals surface area (Å²) in [6.07, 6.45) is 7.70. The van der Waals surface area contributed by atoms with Crippen LogP contribution in [0.5, 0.6) is 5.75 Å². The molecule has 0 unspecified atom stereocenters. The third-order valence-electron chi connectivity index (χ3n) is 5.53. The predicted molar refractivity (Wildman–Crippen MR) is 120 cm³/mol. The van der Waals surface area contributed by atoms with E-state index in [4.69, 9.17) is 4.74 Å². The lowest BCUT2D eigenvalue weighted by Crippen LogP contribution is -2.41. The van der Waals surface area contributed by atoms with Crippen molar-refractivity contribution in [2.75, 3.05) is 12.4 Å². The number of thioether (sulfide) groups is 1. The Morgan fingerprint density at radius 2 is 1.62 bits per heavy atom. The molecule has 1 saturated carbocycles. The molecule has 4 nitrogen and oxygen atoms in total. The molecule has 29 heavy (non-hydrogen) atoms. The molecule has 0 bridgehead atoms. The topological polar surface area (TPSA) is 46.6 Å². The van der Waals surface area contributed by atoms with Gasteiger partial charge in [-0.25, -0.2) is 0 Å². The molecule has 5 heteroatoms. The van der Waals surface area contributed by atoms with Crippen LogP contribution in [-0.2, 0) is 9.59 Å². The third-order valence-corrected chi connectivity index (χ3v) is 6.48. The van der Waals surface area contributed by atoms with Gasteiger partial charge in [0.1, 0.15) is 5.75 Å². The zero-order valence-corrected chi connectivity index (χ0v) is 18.7. The maximum atomic E-state index is 13.4. The summed E-state index contributed by atoms with van der Waals surface area (Å²) in [4.78, 5) is 28.8. The van der Waals surface area contributed by atoms with Crippen LogP contribution >= 0.6 is 11.8 Å². The maximum absolute atomic E-state index is 13.4. The minimum absolute atomic E-state index is 0.0360. The lowest BCUT2D eigenvalue weighted by atomic mass is 9.95. The van der Waals surface area contributed by atoms with Crippen molar-refractivity contribution in [3.8, 4) is 5.75 Å². The van der Waals surface area contributed by atoms with E-state index >= 15 is 0 Å². The molecule has 0 radical (unpaired) electrons. The summed E-state index contributed by atoms with van der Waals surface area (Å²) in [7, 11) is 0. The van der Waals surface area contributed by atoms with Crippen LogP contribution in [0.2, 0.25) is 0 Å². The maximum Gasteiger partial charge on any atom is 0.268 e. The van der Waals surface area contributed by atoms with Gasteiger partial charge in [0.15, 0.2) is 0 Å². The van der Waals surface area contributed by atoms with Crippen LogP contribution in [0.1, 0.15) is 71.3 Å². The Morgan fingerprint density at radius 1 is 1.00 bits per heavy atom. The minimum atomic E-state index is -0.118. The highest BCUT2D eigenvalue weighted by Gasteiger charge is 2.42. The van der Waals surface area contributed by atoms with E-state index in [1.807, 2.05) is 31.2 Å². The second kappa shape index (κ2) is 10.3. The van der Waals surface area contributed by atoms with Gasteiger partial charge in [-0.15, -0.1) is 11.8 Å². The average Bonchev–Trinajstić information content (AvgIpc) is 2.91. The van der Waals surface area contributed by atoms with E-state index in [1.165, 1.54) is 31.0 Å². The van der Waals surface area contributed by atoms with Crippen molar-refractivity contribution in [1.82, 2.24) is 4.90 Å². The van der Waals surface area contributed by atoms with Gasteiger partial charge in [-0.1, -0.05) is 65.0 Å². The Labute approximate surface area is 179 Å². The van der Waals surface area contributed by atoms with Crippen molar-refractivity contribution < 1.29 is 14.3 Å². The molecule has 1 fully saturated rings. The SMILES string of the molecule is CCSC1=C(c2ccc(OCC(C)C)cc2)C(=O)N(C2CCCCCCC2)C1=O. The first-order valence-electron chi connectivity index (χ1n) is 11.0. The van der Waals surface area contributed by atoms with Crippen molar-refractivity contribution >= 4 is 29.1 Å². The van der Waals surface area contributed by atoms with Crippen LogP contribution < -0.4 is 4.74 Å². The van der Waals surface area contributed by atoms with Crippen LogP contribution in [0.15, 0.2) is 29.2 Å². The van der Waals surface area contributed by atoms with Gasteiger partial charge in [0.25, 0.3) is 11.8 Å². The number of hydrogen-bond acceptors (Lipinski definition) is 4. The molecule has 2 amide bonds. The first-order chi connectivity index (χ1) is 14.0. The lowest BCUT2D eigenvalue weighted by molar-refractivity contribution is -0.139. The second-order valence-corrected chi connectivity index (χ2v) is 9.62. The van der Waals surface area contributed by atoms with E-state index in [0.717, 1.165) is 42.7 Å². The van der Waals surface area contributed by atoms with Crippen molar-refractivity contribution in [2.24, 2.45) is 5.92 Å².